The minimum Gasteiger partial charge on any atom is -0.461 e. The predicted molar refractivity (Wildman–Crippen MR) is 116 cm³/mol. The molecule has 0 aromatic rings. The molecule has 1 aliphatic heterocycles. The normalized spacial score (nSPS) is 44.1. The van der Waals surface area contributed by atoms with Crippen molar-refractivity contribution < 1.29 is 19.1 Å². The Morgan fingerprint density at radius 3 is 2.57 bits per heavy atom. The number of carbonyl (C=O) groups excluding carboxylic acids is 2. The number of piperidine rings is 1. The molecule has 170 valence electrons. The van der Waals surface area contributed by atoms with Crippen molar-refractivity contribution in [3.63, 3.8) is 0 Å². The van der Waals surface area contributed by atoms with Crippen LogP contribution in [-0.2, 0) is 19.1 Å². The number of esters is 1. The average Bonchev–Trinajstić information content (AvgIpc) is 3.07. The lowest BCUT2D eigenvalue weighted by atomic mass is 9.46. The fourth-order valence-corrected chi connectivity index (χ4v) is 8.47. The number of rotatable bonds is 5. The molecule has 0 aromatic heterocycles. The van der Waals surface area contributed by atoms with Crippen LogP contribution in [0.1, 0.15) is 79.1 Å². The van der Waals surface area contributed by atoms with Crippen LogP contribution < -0.4 is 0 Å². The lowest BCUT2D eigenvalue weighted by Crippen LogP contribution is -2.61. The van der Waals surface area contributed by atoms with Gasteiger partial charge in [-0.2, -0.15) is 0 Å². The van der Waals surface area contributed by atoms with Gasteiger partial charge in [0, 0.05) is 32.0 Å². The van der Waals surface area contributed by atoms with Crippen LogP contribution in [0.4, 0.5) is 0 Å². The topological polar surface area (TPSA) is 55.8 Å². The van der Waals surface area contributed by atoms with E-state index in [9.17, 15) is 9.59 Å². The predicted octanol–water partition coefficient (Wildman–Crippen LogP) is 4.43. The molecule has 4 aliphatic rings. The van der Waals surface area contributed by atoms with Gasteiger partial charge in [-0.1, -0.05) is 13.8 Å². The molecular weight excluding hydrogens is 378 g/mol. The van der Waals surface area contributed by atoms with Crippen LogP contribution in [0.3, 0.4) is 0 Å². The van der Waals surface area contributed by atoms with Crippen LogP contribution in [0.5, 0.6) is 0 Å². The first kappa shape index (κ1) is 22.1. The number of nitrogens with zero attached hydrogens (tertiary/aromatic N) is 1. The Balaban J connectivity index is 1.49. The van der Waals surface area contributed by atoms with Gasteiger partial charge in [0.15, 0.2) is 0 Å². The molecule has 4 rings (SSSR count). The summed E-state index contributed by atoms with van der Waals surface area (Å²) in [6, 6.07) is 0.417. The standard InChI is InChI=1S/C25H41NO4/c1-6-29-15-23(28)30-16(2)18-8-9-19-17-7-10-21-25(4,14-12-22(27)26(21)5)20(17)11-13-24(18,19)3/h16-21H,6-15H2,1-5H3/t16?,17-,18+,19-,20-,21+,24+,25+/m0/s1. The Labute approximate surface area is 182 Å². The maximum absolute atomic E-state index is 12.3. The monoisotopic (exact) mass is 419 g/mol. The molecule has 1 unspecified atom stereocenters. The molecule has 0 radical (unpaired) electrons. The number of ether oxygens (including phenoxy) is 2. The molecule has 5 nitrogen and oxygen atoms in total. The van der Waals surface area contributed by atoms with Gasteiger partial charge < -0.3 is 14.4 Å². The Morgan fingerprint density at radius 1 is 1.10 bits per heavy atom. The quantitative estimate of drug-likeness (QED) is 0.619. The number of amides is 1. The van der Waals surface area contributed by atoms with E-state index in [1.54, 1.807) is 0 Å². The van der Waals surface area contributed by atoms with Crippen molar-refractivity contribution in [2.24, 2.45) is 34.5 Å². The third-order valence-electron chi connectivity index (χ3n) is 9.94. The van der Waals surface area contributed by atoms with E-state index in [-0.39, 0.29) is 29.5 Å². The second-order valence-corrected chi connectivity index (χ2v) is 11.0. The fourth-order valence-electron chi connectivity index (χ4n) is 8.47. The summed E-state index contributed by atoms with van der Waals surface area (Å²) in [5, 5.41) is 0. The first-order chi connectivity index (χ1) is 14.2. The second kappa shape index (κ2) is 8.11. The first-order valence-corrected chi connectivity index (χ1v) is 12.2. The van der Waals surface area contributed by atoms with Crippen LogP contribution in [0.2, 0.25) is 0 Å². The third-order valence-corrected chi connectivity index (χ3v) is 9.94. The van der Waals surface area contributed by atoms with Crippen LogP contribution in [0.25, 0.3) is 0 Å². The SMILES string of the molecule is CCOCC(=O)OC(C)[C@H]1CC[C@H]2[C@@H]3CC[C@H]4N(C)C(=O)CC[C@]4(C)[C@H]3CC[C@]12C. The zero-order valence-electron chi connectivity index (χ0n) is 19.6. The third kappa shape index (κ3) is 3.40. The first-order valence-electron chi connectivity index (χ1n) is 12.2. The van der Waals surface area contributed by atoms with E-state index in [0.717, 1.165) is 37.0 Å². The Morgan fingerprint density at radius 2 is 1.83 bits per heavy atom. The van der Waals surface area contributed by atoms with E-state index < -0.39 is 0 Å². The molecule has 5 heteroatoms. The molecule has 4 fully saturated rings. The molecule has 3 saturated carbocycles. The molecule has 1 heterocycles. The number of hydrogen-bond acceptors (Lipinski definition) is 4. The van der Waals surface area contributed by atoms with Crippen molar-refractivity contribution >= 4 is 11.9 Å². The van der Waals surface area contributed by atoms with Gasteiger partial charge in [-0.15, -0.1) is 0 Å². The van der Waals surface area contributed by atoms with Crippen LogP contribution >= 0.6 is 0 Å². The Bertz CT molecular complexity index is 680. The van der Waals surface area contributed by atoms with E-state index in [2.05, 4.69) is 25.7 Å². The van der Waals surface area contributed by atoms with Crippen LogP contribution in [0.15, 0.2) is 0 Å². The van der Waals surface area contributed by atoms with Gasteiger partial charge in [-0.25, -0.2) is 4.79 Å². The lowest BCUT2D eigenvalue weighted by molar-refractivity contribution is -0.166. The van der Waals surface area contributed by atoms with Gasteiger partial charge in [0.25, 0.3) is 0 Å². The minimum atomic E-state index is -0.229. The number of carbonyl (C=O) groups is 2. The molecule has 1 saturated heterocycles. The molecule has 0 N–H and O–H groups in total. The van der Waals surface area contributed by atoms with E-state index >= 15 is 0 Å². The van der Waals surface area contributed by atoms with Crippen LogP contribution in [0, 0.1) is 34.5 Å². The smallest absolute Gasteiger partial charge is 0.332 e. The molecule has 0 aromatic carbocycles. The molecule has 3 aliphatic carbocycles. The van der Waals surface area contributed by atoms with Crippen molar-refractivity contribution in [3.8, 4) is 0 Å². The van der Waals surface area contributed by atoms with Crippen molar-refractivity contribution in [3.05, 3.63) is 0 Å². The fraction of sp³-hybridized carbons (Fsp3) is 0.920. The number of likely N-dealkylation sites (tertiary alicyclic amines) is 1. The van der Waals surface area contributed by atoms with Gasteiger partial charge in [-0.3, -0.25) is 4.79 Å². The molecule has 0 bridgehead atoms. The van der Waals surface area contributed by atoms with E-state index in [4.69, 9.17) is 9.47 Å². The van der Waals surface area contributed by atoms with E-state index in [0.29, 0.717) is 30.9 Å². The van der Waals surface area contributed by atoms with Gasteiger partial charge in [0.2, 0.25) is 5.91 Å². The maximum atomic E-state index is 12.3. The minimum absolute atomic E-state index is 0.0464. The lowest BCUT2D eigenvalue weighted by Gasteiger charge is -2.62. The summed E-state index contributed by atoms with van der Waals surface area (Å²) in [5.74, 6) is 2.74. The summed E-state index contributed by atoms with van der Waals surface area (Å²) >= 11 is 0. The highest BCUT2D eigenvalue weighted by molar-refractivity contribution is 5.77. The number of hydrogen-bond donors (Lipinski definition) is 0. The zero-order chi connectivity index (χ0) is 21.7. The average molecular weight is 420 g/mol. The van der Waals surface area contributed by atoms with E-state index in [1.165, 1.54) is 25.7 Å². The highest BCUT2D eigenvalue weighted by Crippen LogP contribution is 2.66. The highest BCUT2D eigenvalue weighted by Gasteiger charge is 2.61. The van der Waals surface area contributed by atoms with Gasteiger partial charge in [0.1, 0.15) is 12.7 Å². The zero-order valence-corrected chi connectivity index (χ0v) is 19.6. The molecule has 0 spiro atoms. The van der Waals surface area contributed by atoms with Crippen molar-refractivity contribution in [1.82, 2.24) is 4.90 Å². The largest absolute Gasteiger partial charge is 0.461 e. The second-order valence-electron chi connectivity index (χ2n) is 11.0. The molecule has 8 atom stereocenters. The summed E-state index contributed by atoms with van der Waals surface area (Å²) in [4.78, 5) is 26.5. The summed E-state index contributed by atoms with van der Waals surface area (Å²) in [6.45, 7) is 9.54. The van der Waals surface area contributed by atoms with Gasteiger partial charge >= 0.3 is 5.97 Å². The highest BCUT2D eigenvalue weighted by atomic mass is 16.6. The molecule has 1 amide bonds. The van der Waals surface area contributed by atoms with Crippen LogP contribution in [-0.4, -0.2) is 49.2 Å². The maximum Gasteiger partial charge on any atom is 0.332 e. The summed E-state index contributed by atoms with van der Waals surface area (Å²) < 4.78 is 11.0. The Hall–Kier alpha value is -1.10. The summed E-state index contributed by atoms with van der Waals surface area (Å²) in [5.41, 5.74) is 0.520. The number of fused-ring (bicyclic) bond motifs is 5. The summed E-state index contributed by atoms with van der Waals surface area (Å²) in [6.07, 6.45) is 9.00. The van der Waals surface area contributed by atoms with Crippen molar-refractivity contribution in [2.75, 3.05) is 20.3 Å². The van der Waals surface area contributed by atoms with E-state index in [1.807, 2.05) is 14.0 Å². The Kier molecular flexibility index (Phi) is 5.97. The van der Waals surface area contributed by atoms with Gasteiger partial charge in [0.05, 0.1) is 0 Å². The van der Waals surface area contributed by atoms with Gasteiger partial charge in [-0.05, 0) is 87.4 Å². The van der Waals surface area contributed by atoms with Crippen molar-refractivity contribution in [1.29, 1.82) is 0 Å². The van der Waals surface area contributed by atoms with Crippen molar-refractivity contribution in [2.45, 2.75) is 91.2 Å². The molecule has 30 heavy (non-hydrogen) atoms. The summed E-state index contributed by atoms with van der Waals surface area (Å²) in [7, 11) is 2.03. The molecular formula is C25H41NO4.